The zero-order valence-electron chi connectivity index (χ0n) is 15.6. The van der Waals surface area contributed by atoms with E-state index in [1.54, 1.807) is 13.2 Å². The van der Waals surface area contributed by atoms with E-state index >= 15 is 0 Å². The highest BCUT2D eigenvalue weighted by Gasteiger charge is 2.19. The van der Waals surface area contributed by atoms with Gasteiger partial charge in [0.1, 0.15) is 5.76 Å². The first-order valence-corrected chi connectivity index (χ1v) is 8.19. The first-order valence-electron chi connectivity index (χ1n) is 8.19. The standard InChI is InChI=1S/C18H27N5O.HI/c1-13-10-20-8-6-14(13)7-9-21-17(19-5)23-12-16-22-11-15(24-16)18(2,3)4;/h6,8,10-11H,7,9,12H2,1-5H3,(H2,19,21,23);1H. The molecule has 0 atom stereocenters. The number of guanidine groups is 1. The van der Waals surface area contributed by atoms with Gasteiger partial charge < -0.3 is 15.1 Å². The zero-order valence-corrected chi connectivity index (χ0v) is 17.9. The summed E-state index contributed by atoms with van der Waals surface area (Å²) in [6.07, 6.45) is 6.42. The van der Waals surface area contributed by atoms with E-state index in [9.17, 15) is 0 Å². The van der Waals surface area contributed by atoms with Crippen LogP contribution in [-0.2, 0) is 18.4 Å². The fourth-order valence-electron chi connectivity index (χ4n) is 2.22. The van der Waals surface area contributed by atoms with Gasteiger partial charge in [-0.3, -0.25) is 9.98 Å². The highest BCUT2D eigenvalue weighted by Crippen LogP contribution is 2.22. The van der Waals surface area contributed by atoms with Crippen LogP contribution in [0.3, 0.4) is 0 Å². The van der Waals surface area contributed by atoms with Crippen LogP contribution in [0.1, 0.15) is 43.5 Å². The lowest BCUT2D eigenvalue weighted by Crippen LogP contribution is -2.38. The number of hydrogen-bond donors (Lipinski definition) is 2. The molecule has 0 aliphatic heterocycles. The first-order chi connectivity index (χ1) is 11.4. The molecule has 0 saturated heterocycles. The van der Waals surface area contributed by atoms with Crippen molar-refractivity contribution in [2.45, 2.75) is 46.1 Å². The van der Waals surface area contributed by atoms with E-state index in [1.807, 2.05) is 18.5 Å². The fraction of sp³-hybridized carbons (Fsp3) is 0.500. The third-order valence-electron chi connectivity index (χ3n) is 3.75. The molecule has 2 aromatic heterocycles. The van der Waals surface area contributed by atoms with Crippen molar-refractivity contribution in [3.05, 3.63) is 47.4 Å². The number of aliphatic imine (C=N–C) groups is 1. The smallest absolute Gasteiger partial charge is 0.213 e. The van der Waals surface area contributed by atoms with Crippen LogP contribution in [0.25, 0.3) is 0 Å². The van der Waals surface area contributed by atoms with E-state index in [1.165, 1.54) is 11.1 Å². The van der Waals surface area contributed by atoms with Crippen molar-refractivity contribution in [3.63, 3.8) is 0 Å². The Hall–Kier alpha value is -1.64. The molecule has 0 bridgehead atoms. The SMILES string of the molecule is CN=C(NCCc1ccncc1C)NCc1ncc(C(C)(C)C)o1.I. The van der Waals surface area contributed by atoms with Gasteiger partial charge in [0.15, 0.2) is 5.96 Å². The van der Waals surface area contributed by atoms with Crippen molar-refractivity contribution in [2.75, 3.05) is 13.6 Å². The Morgan fingerprint density at radius 3 is 2.60 bits per heavy atom. The van der Waals surface area contributed by atoms with E-state index in [-0.39, 0.29) is 29.4 Å². The van der Waals surface area contributed by atoms with Crippen molar-refractivity contribution >= 4 is 29.9 Å². The average Bonchev–Trinajstić information content (AvgIpc) is 3.01. The summed E-state index contributed by atoms with van der Waals surface area (Å²) in [7, 11) is 1.75. The second-order valence-electron chi connectivity index (χ2n) is 6.77. The molecule has 0 aromatic carbocycles. The van der Waals surface area contributed by atoms with Crippen LogP contribution < -0.4 is 10.6 Å². The molecular formula is C18H28IN5O. The Morgan fingerprint density at radius 2 is 2.00 bits per heavy atom. The van der Waals surface area contributed by atoms with E-state index in [0.717, 1.165) is 24.7 Å². The van der Waals surface area contributed by atoms with Crippen molar-refractivity contribution < 1.29 is 4.42 Å². The summed E-state index contributed by atoms with van der Waals surface area (Å²) in [4.78, 5) is 12.6. The highest BCUT2D eigenvalue weighted by atomic mass is 127. The number of pyridine rings is 1. The van der Waals surface area contributed by atoms with Crippen molar-refractivity contribution in [3.8, 4) is 0 Å². The molecule has 0 radical (unpaired) electrons. The molecule has 2 rings (SSSR count). The van der Waals surface area contributed by atoms with E-state index in [4.69, 9.17) is 4.42 Å². The van der Waals surface area contributed by atoms with Gasteiger partial charge >= 0.3 is 0 Å². The van der Waals surface area contributed by atoms with Gasteiger partial charge in [-0.2, -0.15) is 0 Å². The fourth-order valence-corrected chi connectivity index (χ4v) is 2.22. The molecule has 0 aliphatic carbocycles. The summed E-state index contributed by atoms with van der Waals surface area (Å²) in [6, 6.07) is 2.05. The Bertz CT molecular complexity index is 691. The Balaban J connectivity index is 0.00000312. The molecule has 0 spiro atoms. The molecule has 2 aromatic rings. The molecule has 2 N–H and O–H groups in total. The van der Waals surface area contributed by atoms with Crippen LogP contribution in [0.2, 0.25) is 0 Å². The Morgan fingerprint density at radius 1 is 1.24 bits per heavy atom. The van der Waals surface area contributed by atoms with Gasteiger partial charge in [0.2, 0.25) is 5.89 Å². The normalized spacial score (nSPS) is 11.8. The van der Waals surface area contributed by atoms with Crippen LogP contribution in [0.5, 0.6) is 0 Å². The number of hydrogen-bond acceptors (Lipinski definition) is 4. The van der Waals surface area contributed by atoms with E-state index in [2.05, 4.69) is 53.3 Å². The van der Waals surface area contributed by atoms with Gasteiger partial charge in [0, 0.05) is 31.4 Å². The minimum absolute atomic E-state index is 0. The molecule has 25 heavy (non-hydrogen) atoms. The summed E-state index contributed by atoms with van der Waals surface area (Å²) in [5.74, 6) is 2.28. The van der Waals surface area contributed by atoms with Crippen LogP contribution in [0.15, 0.2) is 34.1 Å². The number of nitrogens with one attached hydrogen (secondary N) is 2. The van der Waals surface area contributed by atoms with Crippen molar-refractivity contribution in [1.82, 2.24) is 20.6 Å². The highest BCUT2D eigenvalue weighted by molar-refractivity contribution is 14.0. The zero-order chi connectivity index (χ0) is 17.6. The number of aryl methyl sites for hydroxylation is 1. The predicted molar refractivity (Wildman–Crippen MR) is 111 cm³/mol. The molecule has 0 aliphatic rings. The van der Waals surface area contributed by atoms with E-state index in [0.29, 0.717) is 12.4 Å². The van der Waals surface area contributed by atoms with Crippen molar-refractivity contribution in [1.29, 1.82) is 0 Å². The largest absolute Gasteiger partial charge is 0.443 e. The average molecular weight is 457 g/mol. The van der Waals surface area contributed by atoms with Crippen LogP contribution >= 0.6 is 24.0 Å². The van der Waals surface area contributed by atoms with Gasteiger partial charge in [-0.15, -0.1) is 24.0 Å². The maximum Gasteiger partial charge on any atom is 0.213 e. The minimum Gasteiger partial charge on any atom is -0.443 e. The molecule has 0 fully saturated rings. The third kappa shape index (κ3) is 6.64. The molecule has 0 unspecified atom stereocenters. The van der Waals surface area contributed by atoms with Crippen LogP contribution in [0, 0.1) is 6.92 Å². The van der Waals surface area contributed by atoms with Gasteiger partial charge in [-0.05, 0) is 30.5 Å². The third-order valence-corrected chi connectivity index (χ3v) is 3.75. The maximum absolute atomic E-state index is 5.77. The topological polar surface area (TPSA) is 75.3 Å². The summed E-state index contributed by atoms with van der Waals surface area (Å²) in [5.41, 5.74) is 2.46. The summed E-state index contributed by atoms with van der Waals surface area (Å²) >= 11 is 0. The number of oxazole rings is 1. The monoisotopic (exact) mass is 457 g/mol. The molecular weight excluding hydrogens is 429 g/mol. The summed E-state index contributed by atoms with van der Waals surface area (Å²) in [5, 5.41) is 6.52. The predicted octanol–water partition coefficient (Wildman–Crippen LogP) is 3.20. The lowest BCUT2D eigenvalue weighted by atomic mass is 9.94. The number of halogens is 1. The molecule has 6 nitrogen and oxygen atoms in total. The number of aromatic nitrogens is 2. The van der Waals surface area contributed by atoms with Crippen molar-refractivity contribution in [2.24, 2.45) is 4.99 Å². The Kier molecular flexibility index (Phi) is 8.34. The van der Waals surface area contributed by atoms with Crippen LogP contribution in [-0.4, -0.2) is 29.5 Å². The Labute approximate surface area is 167 Å². The molecule has 0 amide bonds. The van der Waals surface area contributed by atoms with E-state index < -0.39 is 0 Å². The van der Waals surface area contributed by atoms with Gasteiger partial charge in [-0.25, -0.2) is 4.98 Å². The first kappa shape index (κ1) is 21.4. The van der Waals surface area contributed by atoms with Gasteiger partial charge in [-0.1, -0.05) is 20.8 Å². The quantitative estimate of drug-likeness (QED) is 0.410. The van der Waals surface area contributed by atoms with Gasteiger partial charge in [0.05, 0.1) is 12.7 Å². The molecule has 138 valence electrons. The maximum atomic E-state index is 5.77. The molecule has 0 saturated carbocycles. The molecule has 2 heterocycles. The van der Waals surface area contributed by atoms with Crippen LogP contribution in [0.4, 0.5) is 0 Å². The second-order valence-corrected chi connectivity index (χ2v) is 6.77. The van der Waals surface area contributed by atoms with Gasteiger partial charge in [0.25, 0.3) is 0 Å². The number of nitrogens with zero attached hydrogens (tertiary/aromatic N) is 3. The molecule has 7 heteroatoms. The lowest BCUT2D eigenvalue weighted by Gasteiger charge is -2.13. The summed E-state index contributed by atoms with van der Waals surface area (Å²) < 4.78 is 5.77. The second kappa shape index (κ2) is 9.74. The lowest BCUT2D eigenvalue weighted by molar-refractivity contribution is 0.379. The number of rotatable bonds is 5. The summed E-state index contributed by atoms with van der Waals surface area (Å²) in [6.45, 7) is 9.68. The minimum atomic E-state index is -0.0342.